The molecule has 3 heterocycles. The highest BCUT2D eigenvalue weighted by Gasteiger charge is 2.22. The Bertz CT molecular complexity index is 1650. The average molecular weight is 583 g/mol. The summed E-state index contributed by atoms with van der Waals surface area (Å²) in [6.07, 6.45) is 10.1. The van der Waals surface area contributed by atoms with E-state index < -0.39 is 0 Å². The molecule has 0 aliphatic carbocycles. The smallest absolute Gasteiger partial charge is 0.222 e. The van der Waals surface area contributed by atoms with Crippen LogP contribution in [0.1, 0.15) is 61.0 Å². The van der Waals surface area contributed by atoms with Crippen LogP contribution in [0.2, 0.25) is 5.02 Å². The summed E-state index contributed by atoms with van der Waals surface area (Å²) in [6, 6.07) is 20.1. The number of carbonyl (C=O) groups excluding carboxylic acids is 1. The first kappa shape index (κ1) is 28.4. The summed E-state index contributed by atoms with van der Waals surface area (Å²) >= 11 is 5.98. The molecule has 5 aromatic rings. The lowest BCUT2D eigenvalue weighted by Crippen LogP contribution is -2.38. The van der Waals surface area contributed by atoms with Crippen molar-refractivity contribution in [3.05, 3.63) is 94.4 Å². The fraction of sp³-hybridized carbons (Fsp3) is 0.371. The van der Waals surface area contributed by atoms with E-state index in [2.05, 4.69) is 58.3 Å². The maximum atomic E-state index is 12.9. The highest BCUT2D eigenvalue weighted by atomic mass is 35.5. The largest absolute Gasteiger partial charge is 0.486 e. The van der Waals surface area contributed by atoms with Crippen LogP contribution in [0.15, 0.2) is 66.9 Å². The zero-order chi connectivity index (χ0) is 28.9. The number of para-hydroxylation sites is 1. The summed E-state index contributed by atoms with van der Waals surface area (Å²) in [7, 11) is 0. The number of hydrogen-bond acceptors (Lipinski definition) is 3. The number of aromatic nitrogens is 3. The van der Waals surface area contributed by atoms with E-state index in [9.17, 15) is 4.79 Å². The van der Waals surface area contributed by atoms with Crippen molar-refractivity contribution >= 4 is 39.4 Å². The van der Waals surface area contributed by atoms with Gasteiger partial charge in [-0.05, 0) is 111 Å². The molecule has 0 atom stereocenters. The summed E-state index contributed by atoms with van der Waals surface area (Å²) in [5, 5.41) is 1.96. The predicted molar refractivity (Wildman–Crippen MR) is 170 cm³/mol. The lowest BCUT2D eigenvalue weighted by Gasteiger charge is -2.32. The quantitative estimate of drug-likeness (QED) is 0.165. The van der Waals surface area contributed by atoms with Crippen LogP contribution < -0.4 is 4.74 Å². The normalized spacial score (nSPS) is 14.2. The monoisotopic (exact) mass is 582 g/mol. The number of nitrogens with one attached hydrogen (secondary N) is 2. The van der Waals surface area contributed by atoms with E-state index >= 15 is 0 Å². The molecular weight excluding hydrogens is 544 g/mol. The number of imidazole rings is 1. The second-order valence-corrected chi connectivity index (χ2v) is 12.0. The molecule has 1 aliphatic rings. The number of likely N-dealkylation sites (tertiary alicyclic amines) is 1. The van der Waals surface area contributed by atoms with Crippen molar-refractivity contribution in [3.8, 4) is 5.75 Å². The number of rotatable bonds is 11. The highest BCUT2D eigenvalue weighted by molar-refractivity contribution is 6.30. The SMILES string of the molecule is Cc1ccc2[nH]c(COc3ccc(Cl)cc3)nc2c1CCCC1CCN(C(=O)CCCc2c[nH]c3ccccc23)CC1. The van der Waals surface area contributed by atoms with Gasteiger partial charge >= 0.3 is 0 Å². The molecule has 1 saturated heterocycles. The minimum absolute atomic E-state index is 0.310. The number of fused-ring (bicyclic) bond motifs is 2. The Morgan fingerprint density at radius 1 is 1.00 bits per heavy atom. The number of carbonyl (C=O) groups is 1. The zero-order valence-electron chi connectivity index (χ0n) is 24.3. The molecule has 1 aliphatic heterocycles. The van der Waals surface area contributed by atoms with Gasteiger partial charge in [0.05, 0.1) is 11.0 Å². The molecule has 1 amide bonds. The summed E-state index contributed by atoms with van der Waals surface area (Å²) < 4.78 is 5.90. The van der Waals surface area contributed by atoms with E-state index in [1.165, 1.54) is 34.0 Å². The van der Waals surface area contributed by atoms with Crippen molar-refractivity contribution in [1.82, 2.24) is 19.9 Å². The topological polar surface area (TPSA) is 74.0 Å². The number of hydrogen-bond donors (Lipinski definition) is 2. The van der Waals surface area contributed by atoms with Crippen LogP contribution in [0.4, 0.5) is 0 Å². The van der Waals surface area contributed by atoms with Gasteiger partial charge in [0.25, 0.3) is 0 Å². The van der Waals surface area contributed by atoms with Gasteiger partial charge in [-0.2, -0.15) is 0 Å². The van der Waals surface area contributed by atoms with E-state index in [-0.39, 0.29) is 0 Å². The number of aryl methyl sites for hydroxylation is 3. The van der Waals surface area contributed by atoms with Crippen molar-refractivity contribution in [1.29, 1.82) is 0 Å². The van der Waals surface area contributed by atoms with Crippen molar-refractivity contribution in [3.63, 3.8) is 0 Å². The Morgan fingerprint density at radius 2 is 1.81 bits per heavy atom. The molecule has 6 rings (SSSR count). The molecular formula is C35H39ClN4O2. The second-order valence-electron chi connectivity index (χ2n) is 11.6. The molecule has 0 saturated carbocycles. The Labute approximate surface area is 252 Å². The van der Waals surface area contributed by atoms with Gasteiger partial charge < -0.3 is 19.6 Å². The maximum Gasteiger partial charge on any atom is 0.222 e. The molecule has 3 aromatic carbocycles. The number of ether oxygens (including phenoxy) is 1. The van der Waals surface area contributed by atoms with Crippen LogP contribution in [-0.4, -0.2) is 38.8 Å². The van der Waals surface area contributed by atoms with Gasteiger partial charge in [-0.1, -0.05) is 35.9 Å². The molecule has 0 bridgehead atoms. The standard InChI is InChI=1S/C35H39ClN4O2/c1-24-12-17-32-35(39-33(38-32)23-42-28-15-13-27(36)14-16-28)29(24)9-4-6-25-18-20-40(21-19-25)34(41)11-5-7-26-22-37-31-10-3-2-8-30(26)31/h2-3,8,10,12-17,22,25,37H,4-7,9,11,18-21,23H2,1H3,(H,38,39). The van der Waals surface area contributed by atoms with Crippen LogP contribution in [0, 0.1) is 12.8 Å². The van der Waals surface area contributed by atoms with E-state index in [4.69, 9.17) is 21.3 Å². The maximum absolute atomic E-state index is 12.9. The molecule has 42 heavy (non-hydrogen) atoms. The molecule has 0 unspecified atom stereocenters. The second kappa shape index (κ2) is 13.0. The van der Waals surface area contributed by atoms with Gasteiger partial charge in [0.1, 0.15) is 18.2 Å². The summed E-state index contributed by atoms with van der Waals surface area (Å²) in [4.78, 5) is 26.7. The van der Waals surface area contributed by atoms with Gasteiger partial charge in [0.15, 0.2) is 0 Å². The third-order valence-electron chi connectivity index (χ3n) is 8.75. The van der Waals surface area contributed by atoms with Crippen LogP contribution in [0.5, 0.6) is 5.75 Å². The van der Waals surface area contributed by atoms with E-state index in [0.29, 0.717) is 29.9 Å². The van der Waals surface area contributed by atoms with Crippen molar-refractivity contribution < 1.29 is 9.53 Å². The van der Waals surface area contributed by atoms with Gasteiger partial charge in [-0.3, -0.25) is 4.79 Å². The molecule has 2 N–H and O–H groups in total. The van der Waals surface area contributed by atoms with E-state index in [1.807, 2.05) is 30.3 Å². The first-order valence-corrected chi connectivity index (χ1v) is 15.6. The lowest BCUT2D eigenvalue weighted by molar-refractivity contribution is -0.132. The first-order valence-electron chi connectivity index (χ1n) is 15.2. The number of piperidine rings is 1. The highest BCUT2D eigenvalue weighted by Crippen LogP contribution is 2.27. The van der Waals surface area contributed by atoms with Crippen LogP contribution >= 0.6 is 11.6 Å². The number of nitrogens with zero attached hydrogens (tertiary/aromatic N) is 2. The molecule has 2 aromatic heterocycles. The first-order chi connectivity index (χ1) is 20.5. The third-order valence-corrected chi connectivity index (χ3v) is 9.00. The van der Waals surface area contributed by atoms with Crippen molar-refractivity contribution in [2.75, 3.05) is 13.1 Å². The van der Waals surface area contributed by atoms with Crippen molar-refractivity contribution in [2.45, 2.75) is 64.9 Å². The average Bonchev–Trinajstić information content (AvgIpc) is 3.62. The van der Waals surface area contributed by atoms with E-state index in [1.54, 1.807) is 0 Å². The minimum atomic E-state index is 0.310. The molecule has 1 fully saturated rings. The van der Waals surface area contributed by atoms with Gasteiger partial charge in [0.2, 0.25) is 5.91 Å². The number of benzene rings is 3. The number of aromatic amines is 2. The Morgan fingerprint density at radius 3 is 2.64 bits per heavy atom. The zero-order valence-corrected chi connectivity index (χ0v) is 25.1. The van der Waals surface area contributed by atoms with Gasteiger partial charge in [-0.15, -0.1) is 0 Å². The third kappa shape index (κ3) is 6.65. The minimum Gasteiger partial charge on any atom is -0.486 e. The van der Waals surface area contributed by atoms with Crippen LogP contribution in [0.3, 0.4) is 0 Å². The number of halogens is 1. The Kier molecular flexibility index (Phi) is 8.80. The van der Waals surface area contributed by atoms with Crippen LogP contribution in [-0.2, 0) is 24.2 Å². The molecule has 0 spiro atoms. The molecule has 0 radical (unpaired) electrons. The Balaban J connectivity index is 0.948. The number of amides is 1. The summed E-state index contributed by atoms with van der Waals surface area (Å²) in [6.45, 7) is 4.34. The summed E-state index contributed by atoms with van der Waals surface area (Å²) in [5.74, 6) is 2.59. The van der Waals surface area contributed by atoms with Gasteiger partial charge in [0, 0.05) is 41.6 Å². The Hall–Kier alpha value is -3.77. The van der Waals surface area contributed by atoms with Crippen LogP contribution in [0.25, 0.3) is 21.9 Å². The fourth-order valence-electron chi connectivity index (χ4n) is 6.32. The molecule has 6 nitrogen and oxygen atoms in total. The van der Waals surface area contributed by atoms with Gasteiger partial charge in [-0.25, -0.2) is 4.98 Å². The van der Waals surface area contributed by atoms with Crippen molar-refractivity contribution in [2.24, 2.45) is 5.92 Å². The number of H-pyrrole nitrogens is 2. The molecule has 7 heteroatoms. The predicted octanol–water partition coefficient (Wildman–Crippen LogP) is 8.17. The lowest BCUT2D eigenvalue weighted by atomic mass is 9.90. The van der Waals surface area contributed by atoms with E-state index in [0.717, 1.165) is 74.2 Å². The summed E-state index contributed by atoms with van der Waals surface area (Å²) in [5.41, 5.74) is 7.19. The molecule has 218 valence electrons. The fourth-order valence-corrected chi connectivity index (χ4v) is 6.44.